The van der Waals surface area contributed by atoms with Crippen molar-refractivity contribution in [3.63, 3.8) is 0 Å². The summed E-state index contributed by atoms with van der Waals surface area (Å²) in [5.74, 6) is 1.42. The summed E-state index contributed by atoms with van der Waals surface area (Å²) in [6.07, 6.45) is 3.70. The molecular formula is C14H19N5O. The Kier molecular flexibility index (Phi) is 4.03. The van der Waals surface area contributed by atoms with Gasteiger partial charge in [0.1, 0.15) is 0 Å². The van der Waals surface area contributed by atoms with E-state index >= 15 is 0 Å². The minimum Gasteiger partial charge on any atom is -0.338 e. The molecule has 6 heteroatoms. The number of nitrogens with zero attached hydrogens (tertiary/aromatic N) is 5. The molecule has 0 saturated carbocycles. The number of pyridine rings is 1. The van der Waals surface area contributed by atoms with Crippen LogP contribution in [0.1, 0.15) is 17.3 Å². The molecule has 0 aliphatic carbocycles. The van der Waals surface area contributed by atoms with E-state index < -0.39 is 0 Å². The zero-order valence-electron chi connectivity index (χ0n) is 11.7. The van der Waals surface area contributed by atoms with Crippen LogP contribution < -0.4 is 0 Å². The van der Waals surface area contributed by atoms with E-state index in [-0.39, 0.29) is 0 Å². The Hall–Kier alpha value is -1.79. The molecule has 106 valence electrons. The number of rotatable bonds is 4. The SMILES string of the molecule is Cc1noc(CN2CCN(Cc3ccncc3)CC2)n1. The van der Waals surface area contributed by atoms with E-state index in [9.17, 15) is 0 Å². The first kappa shape index (κ1) is 13.2. The van der Waals surface area contributed by atoms with Gasteiger partial charge in [-0.05, 0) is 24.6 Å². The van der Waals surface area contributed by atoms with E-state index in [4.69, 9.17) is 4.52 Å². The van der Waals surface area contributed by atoms with Gasteiger partial charge in [0, 0.05) is 45.1 Å². The second-order valence-electron chi connectivity index (χ2n) is 5.14. The number of hydrogen-bond acceptors (Lipinski definition) is 6. The van der Waals surface area contributed by atoms with Crippen LogP contribution in [0, 0.1) is 6.92 Å². The third-order valence-electron chi connectivity index (χ3n) is 3.55. The van der Waals surface area contributed by atoms with Gasteiger partial charge in [-0.25, -0.2) is 0 Å². The summed E-state index contributed by atoms with van der Waals surface area (Å²) in [6.45, 7) is 7.80. The van der Waals surface area contributed by atoms with Crippen LogP contribution in [-0.2, 0) is 13.1 Å². The number of aryl methyl sites for hydroxylation is 1. The molecule has 0 aromatic carbocycles. The number of piperazine rings is 1. The molecule has 20 heavy (non-hydrogen) atoms. The van der Waals surface area contributed by atoms with Gasteiger partial charge >= 0.3 is 0 Å². The maximum atomic E-state index is 5.17. The molecule has 0 amide bonds. The highest BCUT2D eigenvalue weighted by Crippen LogP contribution is 2.10. The monoisotopic (exact) mass is 273 g/mol. The average molecular weight is 273 g/mol. The summed E-state index contributed by atoms with van der Waals surface area (Å²) >= 11 is 0. The topological polar surface area (TPSA) is 58.3 Å². The van der Waals surface area contributed by atoms with Crippen LogP contribution in [-0.4, -0.2) is 51.1 Å². The molecular weight excluding hydrogens is 254 g/mol. The molecule has 0 radical (unpaired) electrons. The Labute approximate surface area is 118 Å². The predicted molar refractivity (Wildman–Crippen MR) is 73.8 cm³/mol. The van der Waals surface area contributed by atoms with E-state index in [1.54, 1.807) is 0 Å². The van der Waals surface area contributed by atoms with Crippen molar-refractivity contribution >= 4 is 0 Å². The second kappa shape index (κ2) is 6.11. The molecule has 0 atom stereocenters. The lowest BCUT2D eigenvalue weighted by molar-refractivity contribution is 0.112. The van der Waals surface area contributed by atoms with Crippen molar-refractivity contribution in [1.82, 2.24) is 24.9 Å². The summed E-state index contributed by atoms with van der Waals surface area (Å²) in [5.41, 5.74) is 1.32. The molecule has 2 aromatic rings. The van der Waals surface area contributed by atoms with E-state index in [0.717, 1.165) is 39.3 Å². The summed E-state index contributed by atoms with van der Waals surface area (Å²) < 4.78 is 5.17. The molecule has 0 unspecified atom stereocenters. The standard InChI is InChI=1S/C14H19N5O/c1-12-16-14(20-17-12)11-19-8-6-18(7-9-19)10-13-2-4-15-5-3-13/h2-5H,6-11H2,1H3. The number of hydrogen-bond donors (Lipinski definition) is 0. The zero-order valence-corrected chi connectivity index (χ0v) is 11.7. The lowest BCUT2D eigenvalue weighted by atomic mass is 10.2. The molecule has 0 N–H and O–H groups in total. The van der Waals surface area contributed by atoms with E-state index in [1.165, 1.54) is 5.56 Å². The van der Waals surface area contributed by atoms with Crippen molar-refractivity contribution in [2.45, 2.75) is 20.0 Å². The van der Waals surface area contributed by atoms with E-state index in [2.05, 4.69) is 37.1 Å². The fraction of sp³-hybridized carbons (Fsp3) is 0.500. The minimum absolute atomic E-state index is 0.705. The Morgan fingerprint density at radius 1 is 1.05 bits per heavy atom. The summed E-state index contributed by atoms with van der Waals surface area (Å²) in [5, 5.41) is 3.82. The fourth-order valence-electron chi connectivity index (χ4n) is 2.45. The third kappa shape index (κ3) is 3.40. The molecule has 6 nitrogen and oxygen atoms in total. The van der Waals surface area contributed by atoms with Gasteiger partial charge in [0.2, 0.25) is 5.89 Å². The summed E-state index contributed by atoms with van der Waals surface area (Å²) in [4.78, 5) is 13.1. The van der Waals surface area contributed by atoms with Crippen molar-refractivity contribution in [1.29, 1.82) is 0 Å². The van der Waals surface area contributed by atoms with Crippen molar-refractivity contribution in [2.75, 3.05) is 26.2 Å². The molecule has 0 spiro atoms. The summed E-state index contributed by atoms with van der Waals surface area (Å²) in [7, 11) is 0. The van der Waals surface area contributed by atoms with Gasteiger partial charge in [-0.3, -0.25) is 14.8 Å². The minimum atomic E-state index is 0.705. The van der Waals surface area contributed by atoms with Gasteiger partial charge in [-0.2, -0.15) is 4.98 Å². The Morgan fingerprint density at radius 3 is 2.30 bits per heavy atom. The average Bonchev–Trinajstić information content (AvgIpc) is 2.88. The van der Waals surface area contributed by atoms with Crippen LogP contribution in [0.5, 0.6) is 0 Å². The second-order valence-corrected chi connectivity index (χ2v) is 5.14. The van der Waals surface area contributed by atoms with Crippen molar-refractivity contribution < 1.29 is 4.52 Å². The van der Waals surface area contributed by atoms with Crippen LogP contribution >= 0.6 is 0 Å². The predicted octanol–water partition coefficient (Wildman–Crippen LogP) is 1.09. The van der Waals surface area contributed by atoms with Crippen molar-refractivity contribution in [3.05, 3.63) is 41.8 Å². The highest BCUT2D eigenvalue weighted by Gasteiger charge is 2.18. The highest BCUT2D eigenvalue weighted by atomic mass is 16.5. The Balaban J connectivity index is 1.47. The van der Waals surface area contributed by atoms with Crippen LogP contribution in [0.3, 0.4) is 0 Å². The highest BCUT2D eigenvalue weighted by molar-refractivity contribution is 5.09. The van der Waals surface area contributed by atoms with Gasteiger partial charge < -0.3 is 4.52 Å². The van der Waals surface area contributed by atoms with Gasteiger partial charge in [0.25, 0.3) is 0 Å². The lowest BCUT2D eigenvalue weighted by Crippen LogP contribution is -2.45. The Bertz CT molecular complexity index is 534. The first-order valence-electron chi connectivity index (χ1n) is 6.92. The molecule has 1 aliphatic rings. The zero-order chi connectivity index (χ0) is 13.8. The molecule has 3 rings (SSSR count). The quantitative estimate of drug-likeness (QED) is 0.831. The van der Waals surface area contributed by atoms with Gasteiger partial charge in [-0.1, -0.05) is 5.16 Å². The first-order valence-corrected chi connectivity index (χ1v) is 6.92. The van der Waals surface area contributed by atoms with Crippen LogP contribution in [0.4, 0.5) is 0 Å². The maximum absolute atomic E-state index is 5.17. The fourth-order valence-corrected chi connectivity index (χ4v) is 2.45. The third-order valence-corrected chi connectivity index (χ3v) is 3.55. The van der Waals surface area contributed by atoms with Gasteiger partial charge in [0.05, 0.1) is 6.54 Å². The van der Waals surface area contributed by atoms with Crippen LogP contribution in [0.25, 0.3) is 0 Å². The van der Waals surface area contributed by atoms with Crippen LogP contribution in [0.15, 0.2) is 29.0 Å². The van der Waals surface area contributed by atoms with E-state index in [1.807, 2.05) is 19.3 Å². The molecule has 1 aliphatic heterocycles. The molecule has 0 bridgehead atoms. The summed E-state index contributed by atoms with van der Waals surface area (Å²) in [6, 6.07) is 4.15. The van der Waals surface area contributed by atoms with E-state index in [0.29, 0.717) is 11.7 Å². The number of aromatic nitrogens is 3. The van der Waals surface area contributed by atoms with Crippen molar-refractivity contribution in [3.8, 4) is 0 Å². The van der Waals surface area contributed by atoms with Crippen molar-refractivity contribution in [2.24, 2.45) is 0 Å². The van der Waals surface area contributed by atoms with Gasteiger partial charge in [-0.15, -0.1) is 0 Å². The maximum Gasteiger partial charge on any atom is 0.240 e. The smallest absolute Gasteiger partial charge is 0.240 e. The van der Waals surface area contributed by atoms with Gasteiger partial charge in [0.15, 0.2) is 5.82 Å². The Morgan fingerprint density at radius 2 is 1.70 bits per heavy atom. The molecule has 3 heterocycles. The molecule has 2 aromatic heterocycles. The van der Waals surface area contributed by atoms with Crippen LogP contribution in [0.2, 0.25) is 0 Å². The normalized spacial score (nSPS) is 17.4. The first-order chi connectivity index (χ1) is 9.79. The molecule has 1 saturated heterocycles. The molecule has 1 fully saturated rings. The lowest BCUT2D eigenvalue weighted by Gasteiger charge is -2.33. The largest absolute Gasteiger partial charge is 0.338 e.